The SMILES string of the molecule is Cc1ccc(NC(=O)CN2C(=O)C(=O)N(Cc3ccco3)C2=O)cc1S(=O)(=O)N1CCCCC1. The summed E-state index contributed by atoms with van der Waals surface area (Å²) in [7, 11) is -3.73. The number of hydrogen-bond donors (Lipinski definition) is 1. The monoisotopic (exact) mass is 488 g/mol. The summed E-state index contributed by atoms with van der Waals surface area (Å²) >= 11 is 0. The summed E-state index contributed by atoms with van der Waals surface area (Å²) in [5.41, 5.74) is 0.733. The Labute approximate surface area is 196 Å². The highest BCUT2D eigenvalue weighted by atomic mass is 32.2. The molecule has 2 aliphatic heterocycles. The summed E-state index contributed by atoms with van der Waals surface area (Å²) in [6, 6.07) is 6.66. The van der Waals surface area contributed by atoms with Crippen LogP contribution in [0.2, 0.25) is 0 Å². The van der Waals surface area contributed by atoms with Crippen molar-refractivity contribution in [3.05, 3.63) is 47.9 Å². The van der Waals surface area contributed by atoms with Crippen LogP contribution in [-0.4, -0.2) is 65.9 Å². The van der Waals surface area contributed by atoms with E-state index in [0.717, 1.165) is 19.3 Å². The summed E-state index contributed by atoms with van der Waals surface area (Å²) < 4.78 is 32.7. The van der Waals surface area contributed by atoms with Gasteiger partial charge in [-0.25, -0.2) is 23.0 Å². The minimum absolute atomic E-state index is 0.0836. The Bertz CT molecular complexity index is 1230. The third-order valence-corrected chi connectivity index (χ3v) is 7.78. The second-order valence-corrected chi connectivity index (χ2v) is 10.0. The van der Waals surface area contributed by atoms with Gasteiger partial charge < -0.3 is 9.73 Å². The maximum atomic E-state index is 13.1. The molecular formula is C22H24N4O7S. The topological polar surface area (TPSA) is 137 Å². The van der Waals surface area contributed by atoms with E-state index in [2.05, 4.69) is 5.32 Å². The van der Waals surface area contributed by atoms with Crippen LogP contribution in [0.25, 0.3) is 0 Å². The second kappa shape index (κ2) is 9.39. The highest BCUT2D eigenvalue weighted by Gasteiger charge is 2.45. The number of carbonyl (C=O) groups excluding carboxylic acids is 4. The zero-order valence-electron chi connectivity index (χ0n) is 18.5. The number of benzene rings is 1. The van der Waals surface area contributed by atoms with Crippen LogP contribution < -0.4 is 5.32 Å². The Morgan fingerprint density at radius 3 is 2.41 bits per heavy atom. The fourth-order valence-corrected chi connectivity index (χ4v) is 5.70. The fraction of sp³-hybridized carbons (Fsp3) is 0.364. The molecule has 0 saturated carbocycles. The Balaban J connectivity index is 1.46. The first-order valence-electron chi connectivity index (χ1n) is 10.8. The van der Waals surface area contributed by atoms with E-state index in [4.69, 9.17) is 4.42 Å². The van der Waals surface area contributed by atoms with Crippen molar-refractivity contribution in [1.82, 2.24) is 14.1 Å². The van der Waals surface area contributed by atoms with Crippen molar-refractivity contribution in [2.75, 3.05) is 25.0 Å². The van der Waals surface area contributed by atoms with E-state index >= 15 is 0 Å². The van der Waals surface area contributed by atoms with Crippen molar-refractivity contribution in [2.45, 2.75) is 37.6 Å². The molecule has 2 aliphatic rings. The van der Waals surface area contributed by atoms with Crippen molar-refractivity contribution >= 4 is 39.5 Å². The predicted molar refractivity (Wildman–Crippen MR) is 119 cm³/mol. The zero-order valence-corrected chi connectivity index (χ0v) is 19.3. The Morgan fingerprint density at radius 1 is 1.03 bits per heavy atom. The van der Waals surface area contributed by atoms with Crippen molar-refractivity contribution in [1.29, 1.82) is 0 Å². The van der Waals surface area contributed by atoms with Crippen LogP contribution in [0.4, 0.5) is 10.5 Å². The minimum Gasteiger partial charge on any atom is -0.467 e. The van der Waals surface area contributed by atoms with Gasteiger partial charge >= 0.3 is 17.8 Å². The van der Waals surface area contributed by atoms with Gasteiger partial charge in [0.1, 0.15) is 12.3 Å². The maximum Gasteiger partial charge on any atom is 0.335 e. The van der Waals surface area contributed by atoms with Gasteiger partial charge in [-0.3, -0.25) is 14.4 Å². The number of hydrogen-bond acceptors (Lipinski definition) is 7. The van der Waals surface area contributed by atoms with Crippen molar-refractivity contribution in [3.63, 3.8) is 0 Å². The molecule has 2 fully saturated rings. The molecule has 2 aromatic rings. The molecule has 0 spiro atoms. The molecule has 34 heavy (non-hydrogen) atoms. The van der Waals surface area contributed by atoms with Gasteiger partial charge in [-0.2, -0.15) is 4.31 Å². The van der Waals surface area contributed by atoms with Gasteiger partial charge in [0.25, 0.3) is 0 Å². The largest absolute Gasteiger partial charge is 0.467 e. The van der Waals surface area contributed by atoms with Gasteiger partial charge in [0.15, 0.2) is 0 Å². The van der Waals surface area contributed by atoms with E-state index in [-0.39, 0.29) is 17.1 Å². The molecule has 2 saturated heterocycles. The highest BCUT2D eigenvalue weighted by molar-refractivity contribution is 7.89. The summed E-state index contributed by atoms with van der Waals surface area (Å²) in [4.78, 5) is 50.9. The number of anilines is 1. The second-order valence-electron chi connectivity index (χ2n) is 8.14. The van der Waals surface area contributed by atoms with Crippen LogP contribution in [0, 0.1) is 6.92 Å². The number of urea groups is 1. The first-order chi connectivity index (χ1) is 16.2. The van der Waals surface area contributed by atoms with Crippen molar-refractivity contribution < 1.29 is 32.0 Å². The zero-order chi connectivity index (χ0) is 24.5. The number of piperidine rings is 1. The number of sulfonamides is 1. The lowest BCUT2D eigenvalue weighted by molar-refractivity contribution is -0.144. The van der Waals surface area contributed by atoms with Crippen LogP contribution in [0.3, 0.4) is 0 Å². The molecule has 0 atom stereocenters. The first kappa shape index (κ1) is 23.6. The lowest BCUT2D eigenvalue weighted by atomic mass is 10.2. The molecular weight excluding hydrogens is 464 g/mol. The standard InChI is InChI=1S/C22H24N4O7S/c1-15-7-8-16(12-18(15)34(31,32)24-9-3-2-4-10-24)23-19(27)14-26-21(29)20(28)25(22(26)30)13-17-6-5-11-33-17/h5-8,11-12H,2-4,9-10,13-14H2,1H3,(H,23,27). The van der Waals surface area contributed by atoms with Crippen LogP contribution in [0.5, 0.6) is 0 Å². The number of nitrogens with zero attached hydrogens (tertiary/aromatic N) is 3. The molecule has 4 rings (SSSR count). The molecule has 0 aliphatic carbocycles. The lowest BCUT2D eigenvalue weighted by Crippen LogP contribution is -2.39. The Hall–Kier alpha value is -3.51. The van der Waals surface area contributed by atoms with Gasteiger partial charge in [0.05, 0.1) is 17.7 Å². The quantitative estimate of drug-likeness (QED) is 0.462. The van der Waals surface area contributed by atoms with E-state index in [1.807, 2.05) is 0 Å². The average Bonchev–Trinajstić information content (AvgIpc) is 3.40. The van der Waals surface area contributed by atoms with Crippen LogP contribution in [0.15, 0.2) is 45.9 Å². The molecule has 180 valence electrons. The molecule has 11 nitrogen and oxygen atoms in total. The Kier molecular flexibility index (Phi) is 6.53. The van der Waals surface area contributed by atoms with Gasteiger partial charge in [-0.1, -0.05) is 12.5 Å². The summed E-state index contributed by atoms with van der Waals surface area (Å²) in [6.07, 6.45) is 3.94. The van der Waals surface area contributed by atoms with E-state index in [1.165, 1.54) is 22.7 Å². The van der Waals surface area contributed by atoms with Crippen LogP contribution in [-0.2, 0) is 31.0 Å². The molecule has 1 aromatic heterocycles. The van der Waals surface area contributed by atoms with Gasteiger partial charge in [0, 0.05) is 18.8 Å². The van der Waals surface area contributed by atoms with Gasteiger partial charge in [0.2, 0.25) is 15.9 Å². The lowest BCUT2D eigenvalue weighted by Gasteiger charge is -2.26. The maximum absolute atomic E-state index is 13.1. The number of nitrogens with one attached hydrogen (secondary N) is 1. The van der Waals surface area contributed by atoms with Crippen LogP contribution in [0.1, 0.15) is 30.6 Å². The van der Waals surface area contributed by atoms with E-state index < -0.39 is 40.3 Å². The highest BCUT2D eigenvalue weighted by Crippen LogP contribution is 2.26. The summed E-state index contributed by atoms with van der Waals surface area (Å²) in [5.74, 6) is -2.62. The third kappa shape index (κ3) is 4.59. The molecule has 0 radical (unpaired) electrons. The molecule has 1 aromatic carbocycles. The number of amides is 5. The smallest absolute Gasteiger partial charge is 0.335 e. The van der Waals surface area contributed by atoms with Crippen molar-refractivity contribution in [3.8, 4) is 0 Å². The number of carbonyl (C=O) groups is 4. The van der Waals surface area contributed by atoms with E-state index in [0.29, 0.717) is 34.2 Å². The number of rotatable bonds is 7. The average molecular weight is 489 g/mol. The summed E-state index contributed by atoms with van der Waals surface area (Å²) in [6.45, 7) is 1.63. The number of furan rings is 1. The normalized spacial score (nSPS) is 17.5. The van der Waals surface area contributed by atoms with E-state index in [9.17, 15) is 27.6 Å². The summed E-state index contributed by atoms with van der Waals surface area (Å²) in [5, 5.41) is 2.51. The first-order valence-corrected chi connectivity index (χ1v) is 12.2. The molecule has 12 heteroatoms. The Morgan fingerprint density at radius 2 is 1.74 bits per heavy atom. The number of imide groups is 2. The van der Waals surface area contributed by atoms with Crippen LogP contribution >= 0.6 is 0 Å². The predicted octanol–water partition coefficient (Wildman–Crippen LogP) is 1.69. The van der Waals surface area contributed by atoms with E-state index in [1.54, 1.807) is 25.1 Å². The van der Waals surface area contributed by atoms with Gasteiger partial charge in [-0.05, 0) is 49.6 Å². The van der Waals surface area contributed by atoms with Gasteiger partial charge in [-0.15, -0.1) is 0 Å². The molecule has 1 N–H and O–H groups in total. The van der Waals surface area contributed by atoms with Crippen molar-refractivity contribution in [2.24, 2.45) is 0 Å². The molecule has 0 unspecified atom stereocenters. The fourth-order valence-electron chi connectivity index (χ4n) is 3.93. The molecule has 0 bridgehead atoms. The molecule has 3 heterocycles. The third-order valence-electron chi connectivity index (χ3n) is 5.74. The number of aryl methyl sites for hydroxylation is 1. The minimum atomic E-state index is -3.73. The molecule has 5 amide bonds.